The molecule has 1 aromatic rings. The van der Waals surface area contributed by atoms with Gasteiger partial charge in [-0.05, 0) is 56.9 Å². The molecule has 3 aliphatic heterocycles. The summed E-state index contributed by atoms with van der Waals surface area (Å²) in [6.45, 7) is 7.09. The molecule has 3 fully saturated rings. The van der Waals surface area contributed by atoms with Crippen molar-refractivity contribution in [3.05, 3.63) is 30.1 Å². The van der Waals surface area contributed by atoms with Gasteiger partial charge in [0, 0.05) is 64.6 Å². The molecule has 3 heterocycles. The first-order valence-electron chi connectivity index (χ1n) is 12.5. The largest absolute Gasteiger partial charge is 0.465 e. The molecule has 0 saturated carbocycles. The molecule has 2 N–H and O–H groups in total. The molecule has 3 saturated heterocycles. The van der Waals surface area contributed by atoms with Gasteiger partial charge in [0.25, 0.3) is 0 Å². The van der Waals surface area contributed by atoms with Crippen molar-refractivity contribution in [3.8, 4) is 0 Å². The van der Waals surface area contributed by atoms with Crippen LogP contribution < -0.4 is 10.2 Å². The van der Waals surface area contributed by atoms with Crippen LogP contribution in [-0.4, -0.2) is 103 Å². The molecule has 3 aliphatic rings. The minimum Gasteiger partial charge on any atom is -0.465 e. The highest BCUT2D eigenvalue weighted by molar-refractivity contribution is 5.87. The fourth-order valence-corrected chi connectivity index (χ4v) is 5.82. The zero-order valence-electron chi connectivity index (χ0n) is 20.6. The van der Waals surface area contributed by atoms with Gasteiger partial charge in [0.2, 0.25) is 11.8 Å². The summed E-state index contributed by atoms with van der Waals surface area (Å²) in [5, 5.41) is 11.1. The molecule has 9 nitrogen and oxygen atoms in total. The summed E-state index contributed by atoms with van der Waals surface area (Å²) >= 11 is 0. The number of amides is 3. The predicted octanol–water partition coefficient (Wildman–Crippen LogP) is 1.83. The molecular weight excluding hydrogens is 453 g/mol. The average Bonchev–Trinajstić information content (AvgIpc) is 3.08. The number of carboxylic acid groups (broad SMARTS) is 1. The van der Waals surface area contributed by atoms with Crippen LogP contribution in [0.1, 0.15) is 32.6 Å². The van der Waals surface area contributed by atoms with Gasteiger partial charge in [0.15, 0.2) is 0 Å². The zero-order chi connectivity index (χ0) is 25.2. The van der Waals surface area contributed by atoms with Crippen LogP contribution in [0.3, 0.4) is 0 Å². The summed E-state index contributed by atoms with van der Waals surface area (Å²) in [5.41, 5.74) is 0.632. The molecular formula is C25H36FN5O4. The molecule has 2 unspecified atom stereocenters. The number of likely N-dealkylation sites (tertiary alicyclic amines) is 2. The number of halogens is 1. The summed E-state index contributed by atoms with van der Waals surface area (Å²) in [6.07, 6.45) is 1.75. The lowest BCUT2D eigenvalue weighted by Gasteiger charge is -2.38. The van der Waals surface area contributed by atoms with E-state index in [-0.39, 0.29) is 23.7 Å². The van der Waals surface area contributed by atoms with Crippen molar-refractivity contribution in [2.75, 3.05) is 57.8 Å². The van der Waals surface area contributed by atoms with Gasteiger partial charge in [-0.25, -0.2) is 9.18 Å². The van der Waals surface area contributed by atoms with Crippen molar-refractivity contribution >= 4 is 23.6 Å². The third-order valence-electron chi connectivity index (χ3n) is 8.03. The number of hydrogen-bond acceptors (Lipinski definition) is 5. The maximum atomic E-state index is 13.2. The Morgan fingerprint density at radius 1 is 1.11 bits per heavy atom. The zero-order valence-corrected chi connectivity index (χ0v) is 20.6. The fourth-order valence-electron chi connectivity index (χ4n) is 5.82. The van der Waals surface area contributed by atoms with Crippen LogP contribution >= 0.6 is 0 Å². The third-order valence-corrected chi connectivity index (χ3v) is 8.03. The number of anilines is 1. The van der Waals surface area contributed by atoms with Gasteiger partial charge in [0.05, 0.1) is 5.41 Å². The number of carbonyl (C=O) groups is 3. The van der Waals surface area contributed by atoms with Gasteiger partial charge in [-0.3, -0.25) is 14.5 Å². The number of rotatable bonds is 6. The molecule has 35 heavy (non-hydrogen) atoms. The first-order valence-corrected chi connectivity index (χ1v) is 12.5. The number of carbonyl (C=O) groups excluding carboxylic acids is 2. The molecule has 192 valence electrons. The Morgan fingerprint density at radius 3 is 2.34 bits per heavy atom. The van der Waals surface area contributed by atoms with E-state index in [1.165, 1.54) is 12.1 Å². The van der Waals surface area contributed by atoms with Gasteiger partial charge in [-0.2, -0.15) is 0 Å². The summed E-state index contributed by atoms with van der Waals surface area (Å²) in [6, 6.07) is 6.04. The van der Waals surface area contributed by atoms with Crippen molar-refractivity contribution in [1.82, 2.24) is 20.0 Å². The first-order chi connectivity index (χ1) is 16.7. The SMILES string of the molecule is CC(NC(=O)O)C(=O)N1CCC2(CC1)CC(CCN1CCN(c3ccc(F)cc3)CC1)N(C)C2=O. The highest BCUT2D eigenvalue weighted by Gasteiger charge is 2.51. The second kappa shape index (κ2) is 10.4. The van der Waals surface area contributed by atoms with E-state index in [0.717, 1.165) is 51.3 Å². The maximum Gasteiger partial charge on any atom is 0.405 e. The fraction of sp³-hybridized carbons (Fsp3) is 0.640. The van der Waals surface area contributed by atoms with Crippen LogP contribution in [0.15, 0.2) is 24.3 Å². The number of piperazine rings is 1. The number of piperidine rings is 1. The quantitative estimate of drug-likeness (QED) is 0.633. The molecule has 1 spiro atoms. The van der Waals surface area contributed by atoms with Gasteiger partial charge < -0.3 is 25.1 Å². The van der Waals surface area contributed by atoms with Crippen LogP contribution in [0.5, 0.6) is 0 Å². The lowest BCUT2D eigenvalue weighted by Crippen LogP contribution is -2.52. The molecule has 0 radical (unpaired) electrons. The number of hydrogen-bond donors (Lipinski definition) is 2. The van der Waals surface area contributed by atoms with Crippen LogP contribution in [-0.2, 0) is 9.59 Å². The second-order valence-electron chi connectivity index (χ2n) is 10.1. The van der Waals surface area contributed by atoms with Gasteiger partial charge >= 0.3 is 6.09 Å². The van der Waals surface area contributed by atoms with Gasteiger partial charge in [-0.15, -0.1) is 0 Å². The van der Waals surface area contributed by atoms with Crippen molar-refractivity contribution in [2.45, 2.75) is 44.7 Å². The van der Waals surface area contributed by atoms with Crippen molar-refractivity contribution in [2.24, 2.45) is 5.41 Å². The van der Waals surface area contributed by atoms with Gasteiger partial charge in [-0.1, -0.05) is 0 Å². The average molecular weight is 490 g/mol. The normalized spacial score (nSPS) is 23.6. The Kier molecular flexibility index (Phi) is 7.49. The molecule has 3 amide bonds. The number of benzene rings is 1. The minimum absolute atomic E-state index is 0.174. The Bertz CT molecular complexity index is 926. The van der Waals surface area contributed by atoms with Crippen LogP contribution in [0.2, 0.25) is 0 Å². The van der Waals surface area contributed by atoms with Crippen LogP contribution in [0.25, 0.3) is 0 Å². The first kappa shape index (κ1) is 25.2. The van der Waals surface area contributed by atoms with Crippen molar-refractivity contribution in [3.63, 3.8) is 0 Å². The molecule has 0 aliphatic carbocycles. The summed E-state index contributed by atoms with van der Waals surface area (Å²) in [7, 11) is 1.89. The Labute approximate surface area is 205 Å². The van der Waals surface area contributed by atoms with E-state index < -0.39 is 17.6 Å². The Balaban J connectivity index is 1.24. The Morgan fingerprint density at radius 2 is 1.74 bits per heavy atom. The van der Waals surface area contributed by atoms with E-state index in [4.69, 9.17) is 5.11 Å². The monoisotopic (exact) mass is 489 g/mol. The molecule has 0 bridgehead atoms. The second-order valence-corrected chi connectivity index (χ2v) is 10.1. The maximum absolute atomic E-state index is 13.2. The van der Waals surface area contributed by atoms with E-state index >= 15 is 0 Å². The van der Waals surface area contributed by atoms with E-state index in [1.54, 1.807) is 11.8 Å². The number of nitrogens with zero attached hydrogens (tertiary/aromatic N) is 4. The summed E-state index contributed by atoms with van der Waals surface area (Å²) in [4.78, 5) is 44.9. The summed E-state index contributed by atoms with van der Waals surface area (Å²) in [5.74, 6) is -0.285. The molecule has 0 aromatic heterocycles. The van der Waals surface area contributed by atoms with E-state index in [9.17, 15) is 18.8 Å². The number of nitrogens with one attached hydrogen (secondary N) is 1. The smallest absolute Gasteiger partial charge is 0.405 e. The minimum atomic E-state index is -1.22. The molecule has 4 rings (SSSR count). The highest BCUT2D eigenvalue weighted by Crippen LogP contribution is 2.44. The molecule has 10 heteroatoms. The summed E-state index contributed by atoms with van der Waals surface area (Å²) < 4.78 is 13.2. The highest BCUT2D eigenvalue weighted by atomic mass is 19.1. The van der Waals surface area contributed by atoms with E-state index in [1.807, 2.05) is 24.1 Å². The van der Waals surface area contributed by atoms with Crippen molar-refractivity contribution in [1.29, 1.82) is 0 Å². The Hall–Kier alpha value is -2.88. The van der Waals surface area contributed by atoms with Crippen molar-refractivity contribution < 1.29 is 23.9 Å². The molecule has 2 atom stereocenters. The van der Waals surface area contributed by atoms with Crippen LogP contribution in [0, 0.1) is 11.2 Å². The lowest BCUT2D eigenvalue weighted by molar-refractivity contribution is -0.142. The van der Waals surface area contributed by atoms with Gasteiger partial charge in [0.1, 0.15) is 11.9 Å². The third kappa shape index (κ3) is 5.52. The lowest BCUT2D eigenvalue weighted by atomic mass is 9.75. The molecule has 1 aromatic carbocycles. The van der Waals surface area contributed by atoms with E-state index in [0.29, 0.717) is 25.9 Å². The van der Waals surface area contributed by atoms with Crippen LogP contribution in [0.4, 0.5) is 14.9 Å². The van der Waals surface area contributed by atoms with E-state index in [2.05, 4.69) is 15.1 Å². The topological polar surface area (TPSA) is 96.4 Å². The predicted molar refractivity (Wildman–Crippen MR) is 130 cm³/mol. The standard InChI is InChI=1S/C25H36FN5O4/c1-18(27-24(34)35)22(32)31-11-8-25(9-12-31)17-21(28(2)23(25)33)7-10-29-13-15-30(16-14-29)20-5-3-19(26)4-6-20/h3-6,18,21,27H,7-17H2,1-2H3,(H,34,35).